The third kappa shape index (κ3) is 4.14. The molecule has 1 saturated heterocycles. The van der Waals surface area contributed by atoms with Gasteiger partial charge in [0.05, 0.1) is 12.2 Å². The van der Waals surface area contributed by atoms with Crippen molar-refractivity contribution in [2.24, 2.45) is 0 Å². The first-order chi connectivity index (χ1) is 9.04. The zero-order valence-electron chi connectivity index (χ0n) is 11.1. The van der Waals surface area contributed by atoms with Crippen LogP contribution in [0.15, 0.2) is 24.3 Å². The van der Waals surface area contributed by atoms with Gasteiger partial charge in [0.25, 0.3) is 0 Å². The van der Waals surface area contributed by atoms with Gasteiger partial charge in [-0.3, -0.25) is 0 Å². The van der Waals surface area contributed by atoms with Gasteiger partial charge in [-0.05, 0) is 38.0 Å². The van der Waals surface area contributed by atoms with E-state index in [0.29, 0.717) is 12.6 Å². The highest BCUT2D eigenvalue weighted by Gasteiger charge is 2.22. The Labute approximate surface area is 111 Å². The number of alkyl halides is 2. The summed E-state index contributed by atoms with van der Waals surface area (Å²) in [5, 5.41) is 3.37. The van der Waals surface area contributed by atoms with Gasteiger partial charge in [-0.25, -0.2) is 0 Å². The molecule has 19 heavy (non-hydrogen) atoms. The lowest BCUT2D eigenvalue weighted by Crippen LogP contribution is -2.27. The van der Waals surface area contributed by atoms with Gasteiger partial charge in [-0.1, -0.05) is 12.1 Å². The first-order valence-electron chi connectivity index (χ1n) is 6.48. The van der Waals surface area contributed by atoms with Crippen LogP contribution < -0.4 is 10.1 Å². The number of benzene rings is 1. The van der Waals surface area contributed by atoms with Crippen molar-refractivity contribution in [1.82, 2.24) is 5.32 Å². The standard InChI is InChI=1S/C14H19F2NO2/c1-9-6-10(2)18-13(8-17-9)11-4-3-5-12(7-11)19-14(15)16/h3-5,7,9-10,13-14,17H,6,8H2,1-2H3. The average Bonchev–Trinajstić information content (AvgIpc) is 2.49. The summed E-state index contributed by atoms with van der Waals surface area (Å²) in [4.78, 5) is 0. The number of hydrogen-bond donors (Lipinski definition) is 1. The summed E-state index contributed by atoms with van der Waals surface area (Å²) in [5.74, 6) is 0.168. The normalized spacial score (nSPS) is 28.2. The van der Waals surface area contributed by atoms with E-state index in [2.05, 4.69) is 17.0 Å². The fourth-order valence-electron chi connectivity index (χ4n) is 2.36. The van der Waals surface area contributed by atoms with Crippen molar-refractivity contribution in [3.8, 4) is 5.75 Å². The molecule has 106 valence electrons. The lowest BCUT2D eigenvalue weighted by atomic mass is 10.1. The Kier molecular flexibility index (Phi) is 4.71. The summed E-state index contributed by atoms with van der Waals surface area (Å²) in [6, 6.07) is 7.09. The summed E-state index contributed by atoms with van der Waals surface area (Å²) in [6.07, 6.45) is 0.930. The largest absolute Gasteiger partial charge is 0.435 e. The number of ether oxygens (including phenoxy) is 2. The third-order valence-corrected chi connectivity index (χ3v) is 3.19. The molecule has 5 heteroatoms. The second-order valence-corrected chi connectivity index (χ2v) is 4.93. The lowest BCUT2D eigenvalue weighted by molar-refractivity contribution is -0.0502. The molecule has 0 aliphatic carbocycles. The molecule has 0 bridgehead atoms. The Morgan fingerprint density at radius 3 is 2.89 bits per heavy atom. The SMILES string of the molecule is CC1CC(C)OC(c2cccc(OC(F)F)c2)CN1. The number of hydrogen-bond acceptors (Lipinski definition) is 3. The maximum absolute atomic E-state index is 12.2. The number of rotatable bonds is 3. The molecule has 1 aliphatic rings. The van der Waals surface area contributed by atoms with Crippen molar-refractivity contribution in [3.05, 3.63) is 29.8 Å². The molecule has 3 nitrogen and oxygen atoms in total. The molecule has 0 saturated carbocycles. The first kappa shape index (κ1) is 14.2. The predicted molar refractivity (Wildman–Crippen MR) is 68.4 cm³/mol. The molecule has 1 aliphatic heterocycles. The van der Waals surface area contributed by atoms with E-state index in [1.54, 1.807) is 12.1 Å². The number of nitrogens with one attached hydrogen (secondary N) is 1. The molecule has 1 heterocycles. The van der Waals surface area contributed by atoms with E-state index >= 15 is 0 Å². The maximum atomic E-state index is 12.2. The molecular weight excluding hydrogens is 252 g/mol. The van der Waals surface area contributed by atoms with Crippen LogP contribution in [-0.2, 0) is 4.74 Å². The fraction of sp³-hybridized carbons (Fsp3) is 0.571. The van der Waals surface area contributed by atoms with E-state index < -0.39 is 6.61 Å². The van der Waals surface area contributed by atoms with Gasteiger partial charge in [-0.15, -0.1) is 0 Å². The van der Waals surface area contributed by atoms with Crippen LogP contribution in [0.2, 0.25) is 0 Å². The summed E-state index contributed by atoms with van der Waals surface area (Å²) in [7, 11) is 0. The summed E-state index contributed by atoms with van der Waals surface area (Å²) >= 11 is 0. The predicted octanol–water partition coefficient (Wildman–Crippen LogP) is 3.12. The van der Waals surface area contributed by atoms with Crippen LogP contribution in [0.1, 0.15) is 31.9 Å². The van der Waals surface area contributed by atoms with Crippen LogP contribution in [0.5, 0.6) is 5.75 Å². The first-order valence-corrected chi connectivity index (χ1v) is 6.48. The van der Waals surface area contributed by atoms with E-state index in [1.807, 2.05) is 13.0 Å². The van der Waals surface area contributed by atoms with Crippen LogP contribution in [0.3, 0.4) is 0 Å². The van der Waals surface area contributed by atoms with Crippen LogP contribution in [0, 0.1) is 0 Å². The van der Waals surface area contributed by atoms with Gasteiger partial charge in [0.15, 0.2) is 0 Å². The smallest absolute Gasteiger partial charge is 0.387 e. The molecular formula is C14H19F2NO2. The summed E-state index contributed by atoms with van der Waals surface area (Å²) in [5.41, 5.74) is 0.853. The van der Waals surface area contributed by atoms with Gasteiger partial charge >= 0.3 is 6.61 Å². The summed E-state index contributed by atoms with van der Waals surface area (Å²) in [6.45, 7) is 2.00. The van der Waals surface area contributed by atoms with Gasteiger partial charge < -0.3 is 14.8 Å². The van der Waals surface area contributed by atoms with E-state index in [4.69, 9.17) is 4.74 Å². The molecule has 0 aromatic heterocycles. The molecule has 3 atom stereocenters. The maximum Gasteiger partial charge on any atom is 0.387 e. The van der Waals surface area contributed by atoms with Gasteiger partial charge in [-0.2, -0.15) is 8.78 Å². The highest BCUT2D eigenvalue weighted by atomic mass is 19.3. The van der Waals surface area contributed by atoms with Crippen LogP contribution in [0.4, 0.5) is 8.78 Å². The van der Waals surface area contributed by atoms with E-state index in [1.165, 1.54) is 6.07 Å². The van der Waals surface area contributed by atoms with Crippen LogP contribution in [0.25, 0.3) is 0 Å². The van der Waals surface area contributed by atoms with Gasteiger partial charge in [0.1, 0.15) is 5.75 Å². The van der Waals surface area contributed by atoms with Crippen molar-refractivity contribution in [3.63, 3.8) is 0 Å². The molecule has 1 fully saturated rings. The zero-order valence-corrected chi connectivity index (χ0v) is 11.1. The van der Waals surface area contributed by atoms with Crippen molar-refractivity contribution >= 4 is 0 Å². The van der Waals surface area contributed by atoms with Crippen LogP contribution >= 0.6 is 0 Å². The van der Waals surface area contributed by atoms with Gasteiger partial charge in [0, 0.05) is 12.6 Å². The lowest BCUT2D eigenvalue weighted by Gasteiger charge is -2.19. The highest BCUT2D eigenvalue weighted by molar-refractivity contribution is 5.30. The Balaban J connectivity index is 2.11. The van der Waals surface area contributed by atoms with Crippen molar-refractivity contribution in [1.29, 1.82) is 0 Å². The van der Waals surface area contributed by atoms with E-state index in [0.717, 1.165) is 12.0 Å². The Hall–Kier alpha value is -1.20. The average molecular weight is 271 g/mol. The van der Waals surface area contributed by atoms with Crippen LogP contribution in [-0.4, -0.2) is 25.3 Å². The van der Waals surface area contributed by atoms with Crippen molar-refractivity contribution in [2.75, 3.05) is 6.54 Å². The second kappa shape index (κ2) is 6.30. The fourth-order valence-corrected chi connectivity index (χ4v) is 2.36. The Morgan fingerprint density at radius 1 is 1.37 bits per heavy atom. The monoisotopic (exact) mass is 271 g/mol. The molecule has 0 spiro atoms. The number of halogens is 2. The molecule has 3 unspecified atom stereocenters. The molecule has 2 rings (SSSR count). The molecule has 0 amide bonds. The minimum atomic E-state index is -2.80. The minimum Gasteiger partial charge on any atom is -0.435 e. The van der Waals surface area contributed by atoms with Crippen molar-refractivity contribution < 1.29 is 18.3 Å². The Morgan fingerprint density at radius 2 is 2.16 bits per heavy atom. The molecule has 1 aromatic carbocycles. The quantitative estimate of drug-likeness (QED) is 0.916. The molecule has 0 radical (unpaired) electrons. The second-order valence-electron chi connectivity index (χ2n) is 4.93. The van der Waals surface area contributed by atoms with E-state index in [9.17, 15) is 8.78 Å². The topological polar surface area (TPSA) is 30.5 Å². The minimum absolute atomic E-state index is 0.134. The summed E-state index contributed by atoms with van der Waals surface area (Å²) < 4.78 is 34.8. The van der Waals surface area contributed by atoms with Gasteiger partial charge in [0.2, 0.25) is 0 Å². The molecule has 1 N–H and O–H groups in total. The third-order valence-electron chi connectivity index (χ3n) is 3.19. The highest BCUT2D eigenvalue weighted by Crippen LogP contribution is 2.26. The molecule has 1 aromatic rings. The van der Waals surface area contributed by atoms with Crippen molar-refractivity contribution in [2.45, 2.75) is 45.1 Å². The Bertz CT molecular complexity index is 414. The van der Waals surface area contributed by atoms with E-state index in [-0.39, 0.29) is 18.0 Å². The zero-order chi connectivity index (χ0) is 13.8.